The SMILES string of the molecule is CC(C)CCCC(C)CCOC(F)(F)F. The van der Waals surface area contributed by atoms with Gasteiger partial charge in [0.2, 0.25) is 0 Å². The standard InChI is InChI=1S/C11H21F3O/c1-9(2)5-4-6-10(3)7-8-15-11(12,13)14/h9-10H,4-8H2,1-3H3. The number of alkyl halides is 3. The van der Waals surface area contributed by atoms with Gasteiger partial charge in [0.05, 0.1) is 6.61 Å². The Bertz CT molecular complexity index is 154. The van der Waals surface area contributed by atoms with Crippen molar-refractivity contribution in [1.82, 2.24) is 0 Å². The summed E-state index contributed by atoms with van der Waals surface area (Å²) in [4.78, 5) is 0. The van der Waals surface area contributed by atoms with Crippen LogP contribution in [-0.4, -0.2) is 13.0 Å². The van der Waals surface area contributed by atoms with Crippen molar-refractivity contribution in [2.75, 3.05) is 6.61 Å². The first-order valence-electron chi connectivity index (χ1n) is 5.52. The highest BCUT2D eigenvalue weighted by atomic mass is 19.4. The van der Waals surface area contributed by atoms with Crippen molar-refractivity contribution in [3.8, 4) is 0 Å². The minimum Gasteiger partial charge on any atom is -0.292 e. The van der Waals surface area contributed by atoms with Gasteiger partial charge in [0.1, 0.15) is 0 Å². The molecule has 0 aromatic heterocycles. The van der Waals surface area contributed by atoms with Gasteiger partial charge in [0.15, 0.2) is 0 Å². The van der Waals surface area contributed by atoms with Crippen LogP contribution in [0.1, 0.15) is 46.5 Å². The van der Waals surface area contributed by atoms with Crippen LogP contribution in [0.2, 0.25) is 0 Å². The molecule has 0 heterocycles. The molecule has 0 aromatic carbocycles. The first-order valence-corrected chi connectivity index (χ1v) is 5.52. The normalized spacial score (nSPS) is 14.6. The molecule has 0 aliphatic heterocycles. The fourth-order valence-corrected chi connectivity index (χ4v) is 1.39. The van der Waals surface area contributed by atoms with E-state index in [2.05, 4.69) is 18.6 Å². The van der Waals surface area contributed by atoms with E-state index < -0.39 is 6.36 Å². The molecule has 0 N–H and O–H groups in total. The summed E-state index contributed by atoms with van der Waals surface area (Å²) < 4.78 is 38.7. The van der Waals surface area contributed by atoms with Gasteiger partial charge in [0.25, 0.3) is 0 Å². The van der Waals surface area contributed by atoms with Gasteiger partial charge in [-0.2, -0.15) is 0 Å². The third-order valence-corrected chi connectivity index (χ3v) is 2.35. The largest absolute Gasteiger partial charge is 0.522 e. The predicted octanol–water partition coefficient (Wildman–Crippen LogP) is 4.38. The van der Waals surface area contributed by atoms with Gasteiger partial charge in [0, 0.05) is 0 Å². The van der Waals surface area contributed by atoms with Gasteiger partial charge in [-0.15, -0.1) is 13.2 Å². The third-order valence-electron chi connectivity index (χ3n) is 2.35. The number of rotatable bonds is 7. The molecule has 0 saturated carbocycles. The molecule has 92 valence electrons. The van der Waals surface area contributed by atoms with Crippen LogP contribution in [0.5, 0.6) is 0 Å². The lowest BCUT2D eigenvalue weighted by Crippen LogP contribution is -2.15. The summed E-state index contributed by atoms with van der Waals surface area (Å²) in [7, 11) is 0. The Morgan fingerprint density at radius 3 is 2.07 bits per heavy atom. The number of hydrogen-bond donors (Lipinski definition) is 0. The van der Waals surface area contributed by atoms with Gasteiger partial charge >= 0.3 is 6.36 Å². The molecule has 0 radical (unpaired) electrons. The summed E-state index contributed by atoms with van der Waals surface area (Å²) in [5.74, 6) is 0.981. The molecule has 1 nitrogen and oxygen atoms in total. The van der Waals surface area contributed by atoms with Crippen molar-refractivity contribution in [3.63, 3.8) is 0 Å². The quantitative estimate of drug-likeness (QED) is 0.626. The van der Waals surface area contributed by atoms with Crippen LogP contribution in [0.4, 0.5) is 13.2 Å². The molecular weight excluding hydrogens is 205 g/mol. The Morgan fingerprint density at radius 2 is 1.60 bits per heavy atom. The molecule has 0 aliphatic rings. The van der Waals surface area contributed by atoms with Crippen molar-refractivity contribution in [2.24, 2.45) is 11.8 Å². The lowest BCUT2D eigenvalue weighted by atomic mass is 9.98. The van der Waals surface area contributed by atoms with Crippen LogP contribution in [-0.2, 0) is 4.74 Å². The summed E-state index contributed by atoms with van der Waals surface area (Å²) in [5.41, 5.74) is 0. The van der Waals surface area contributed by atoms with E-state index in [0.29, 0.717) is 18.3 Å². The maximum atomic E-state index is 11.6. The highest BCUT2D eigenvalue weighted by Crippen LogP contribution is 2.19. The molecule has 0 aliphatic carbocycles. The van der Waals surface area contributed by atoms with E-state index in [-0.39, 0.29) is 6.61 Å². The van der Waals surface area contributed by atoms with Crippen LogP contribution in [0, 0.1) is 11.8 Å². The van der Waals surface area contributed by atoms with Gasteiger partial charge in [-0.05, 0) is 18.3 Å². The van der Waals surface area contributed by atoms with Crippen LogP contribution >= 0.6 is 0 Å². The summed E-state index contributed by atoms with van der Waals surface area (Å²) in [6, 6.07) is 0. The number of halogens is 3. The van der Waals surface area contributed by atoms with Crippen LogP contribution in [0.25, 0.3) is 0 Å². The Hall–Kier alpha value is -0.250. The smallest absolute Gasteiger partial charge is 0.292 e. The molecule has 0 spiro atoms. The van der Waals surface area contributed by atoms with E-state index in [1.807, 2.05) is 6.92 Å². The van der Waals surface area contributed by atoms with E-state index in [1.54, 1.807) is 0 Å². The molecule has 0 rings (SSSR count). The van der Waals surface area contributed by atoms with Crippen molar-refractivity contribution < 1.29 is 17.9 Å². The van der Waals surface area contributed by atoms with Crippen LogP contribution in [0.15, 0.2) is 0 Å². The topological polar surface area (TPSA) is 9.23 Å². The first kappa shape index (κ1) is 14.8. The van der Waals surface area contributed by atoms with Gasteiger partial charge in [-0.25, -0.2) is 0 Å². The zero-order chi connectivity index (χ0) is 11.9. The molecule has 0 saturated heterocycles. The Kier molecular flexibility index (Phi) is 6.98. The van der Waals surface area contributed by atoms with Gasteiger partial charge < -0.3 is 0 Å². The highest BCUT2D eigenvalue weighted by Gasteiger charge is 2.28. The Balaban J connectivity index is 3.37. The van der Waals surface area contributed by atoms with E-state index >= 15 is 0 Å². The molecular formula is C11H21F3O. The summed E-state index contributed by atoms with van der Waals surface area (Å²) in [5, 5.41) is 0. The Labute approximate surface area is 90.0 Å². The van der Waals surface area contributed by atoms with Crippen molar-refractivity contribution in [2.45, 2.75) is 52.8 Å². The van der Waals surface area contributed by atoms with Crippen molar-refractivity contribution >= 4 is 0 Å². The third kappa shape index (κ3) is 11.7. The second kappa shape index (κ2) is 7.09. The fraction of sp³-hybridized carbons (Fsp3) is 1.00. The average Bonchev–Trinajstić information content (AvgIpc) is 2.00. The second-order valence-electron chi connectivity index (χ2n) is 4.51. The van der Waals surface area contributed by atoms with E-state index in [9.17, 15) is 13.2 Å². The minimum absolute atomic E-state index is 0.216. The van der Waals surface area contributed by atoms with Crippen molar-refractivity contribution in [3.05, 3.63) is 0 Å². The molecule has 0 aromatic rings. The van der Waals surface area contributed by atoms with E-state index in [1.165, 1.54) is 0 Å². The predicted molar refractivity (Wildman–Crippen MR) is 54.5 cm³/mol. The van der Waals surface area contributed by atoms with Crippen LogP contribution in [0.3, 0.4) is 0 Å². The summed E-state index contributed by atoms with van der Waals surface area (Å²) in [6.45, 7) is 6.06. The second-order valence-corrected chi connectivity index (χ2v) is 4.51. The number of ether oxygens (including phenoxy) is 1. The van der Waals surface area contributed by atoms with E-state index in [0.717, 1.165) is 19.3 Å². The lowest BCUT2D eigenvalue weighted by molar-refractivity contribution is -0.325. The summed E-state index contributed by atoms with van der Waals surface area (Å²) >= 11 is 0. The molecule has 1 unspecified atom stereocenters. The van der Waals surface area contributed by atoms with Gasteiger partial charge in [-0.3, -0.25) is 4.74 Å². The average molecular weight is 226 g/mol. The van der Waals surface area contributed by atoms with Gasteiger partial charge in [-0.1, -0.05) is 40.0 Å². The molecule has 4 heteroatoms. The molecule has 0 fully saturated rings. The summed E-state index contributed by atoms with van der Waals surface area (Å²) in [6.07, 6.45) is -0.774. The molecule has 15 heavy (non-hydrogen) atoms. The zero-order valence-electron chi connectivity index (χ0n) is 9.73. The van der Waals surface area contributed by atoms with Crippen molar-refractivity contribution in [1.29, 1.82) is 0 Å². The monoisotopic (exact) mass is 226 g/mol. The highest BCUT2D eigenvalue weighted by molar-refractivity contribution is 4.55. The zero-order valence-corrected chi connectivity index (χ0v) is 9.73. The lowest BCUT2D eigenvalue weighted by Gasteiger charge is -2.13. The Morgan fingerprint density at radius 1 is 1.00 bits per heavy atom. The molecule has 0 bridgehead atoms. The first-order chi connectivity index (χ1) is 6.81. The van der Waals surface area contributed by atoms with Crippen LogP contribution < -0.4 is 0 Å². The van der Waals surface area contributed by atoms with E-state index in [4.69, 9.17) is 0 Å². The molecule has 0 amide bonds. The number of hydrogen-bond acceptors (Lipinski definition) is 1. The molecule has 1 atom stereocenters. The maximum absolute atomic E-state index is 11.6. The fourth-order valence-electron chi connectivity index (χ4n) is 1.39. The minimum atomic E-state index is -4.47. The maximum Gasteiger partial charge on any atom is 0.522 e.